The maximum Gasteiger partial charge on any atom is 1.00 e. The van der Waals surface area contributed by atoms with Crippen LogP contribution in [-0.2, 0) is 23.0 Å². The van der Waals surface area contributed by atoms with Gasteiger partial charge in [0, 0.05) is 0 Å². The van der Waals surface area contributed by atoms with Crippen molar-refractivity contribution in [3.63, 3.8) is 0 Å². The summed E-state index contributed by atoms with van der Waals surface area (Å²) in [6.07, 6.45) is 25.1. The molecule has 37 heavy (non-hydrogen) atoms. The first-order chi connectivity index (χ1) is 17.5. The van der Waals surface area contributed by atoms with Crippen molar-refractivity contribution < 1.29 is 64.4 Å². The molecule has 0 radical (unpaired) electrons. The van der Waals surface area contributed by atoms with Gasteiger partial charge in [0.05, 0.1) is 4.90 Å². The Morgan fingerprint density at radius 1 is 0.595 bits per heavy atom. The number of hydrogen-bond donors (Lipinski definition) is 0. The first-order valence-electron chi connectivity index (χ1n) is 15.0. The average Bonchev–Trinajstić information content (AvgIpc) is 2.86. The van der Waals surface area contributed by atoms with Gasteiger partial charge in [-0.3, -0.25) is 0 Å². The number of hydrogen-bond acceptors (Lipinski definition) is 3. The number of rotatable bonds is 21. The Hall–Kier alpha value is 0.246. The molecular weight excluding hydrogens is 504 g/mol. The molecule has 0 heterocycles. The molecule has 0 N–H and O–H groups in total. The number of benzene rings is 2. The first-order valence-corrected chi connectivity index (χ1v) is 16.4. The molecule has 0 aromatic heterocycles. The van der Waals surface area contributed by atoms with E-state index >= 15 is 0 Å². The minimum absolute atomic E-state index is 0. The molecule has 0 aliphatic heterocycles. The third kappa shape index (κ3) is 15.0. The van der Waals surface area contributed by atoms with E-state index in [0.717, 1.165) is 42.0 Å². The van der Waals surface area contributed by atoms with Gasteiger partial charge >= 0.3 is 51.4 Å². The Morgan fingerprint density at radius 3 is 1.54 bits per heavy atom. The van der Waals surface area contributed by atoms with Crippen LogP contribution in [0.4, 0.5) is 0 Å². The monoisotopic (exact) mass is 554 g/mol. The van der Waals surface area contributed by atoms with Crippen LogP contribution < -0.4 is 51.4 Å². The van der Waals surface area contributed by atoms with Gasteiger partial charge in [-0.15, -0.1) is 0 Å². The summed E-state index contributed by atoms with van der Waals surface area (Å²) < 4.78 is 35.3. The largest absolute Gasteiger partial charge is 1.00 e. The zero-order valence-electron chi connectivity index (χ0n) is 24.2. The molecule has 0 aliphatic rings. The predicted octanol–water partition coefficient (Wildman–Crippen LogP) is 6.89. The van der Waals surface area contributed by atoms with Crippen molar-refractivity contribution in [2.45, 2.75) is 147 Å². The van der Waals surface area contributed by atoms with Crippen molar-refractivity contribution in [1.29, 1.82) is 0 Å². The van der Waals surface area contributed by atoms with Crippen LogP contribution in [0, 0.1) is 0 Å². The third-order valence-corrected chi connectivity index (χ3v) is 8.30. The summed E-state index contributed by atoms with van der Waals surface area (Å²) in [4.78, 5) is -0.0902. The Bertz CT molecular complexity index is 971. The van der Waals surface area contributed by atoms with Gasteiger partial charge in [-0.1, -0.05) is 135 Å². The minimum atomic E-state index is -4.46. The number of unbranched alkanes of at least 4 members (excludes halogenated alkanes) is 16. The van der Waals surface area contributed by atoms with Crippen LogP contribution in [-0.4, -0.2) is 13.0 Å². The molecule has 0 aliphatic carbocycles. The van der Waals surface area contributed by atoms with Gasteiger partial charge in [-0.2, -0.15) is 0 Å². The molecule has 0 saturated heterocycles. The van der Waals surface area contributed by atoms with E-state index in [4.69, 9.17) is 0 Å². The topological polar surface area (TPSA) is 57.2 Å². The molecule has 0 atom stereocenters. The summed E-state index contributed by atoms with van der Waals surface area (Å²) in [6, 6.07) is 9.55. The second kappa shape index (κ2) is 21.1. The molecule has 3 nitrogen and oxygen atoms in total. The van der Waals surface area contributed by atoms with Crippen molar-refractivity contribution in [2.24, 2.45) is 0 Å². The summed E-state index contributed by atoms with van der Waals surface area (Å²) in [5.41, 5.74) is 2.33. The smallest absolute Gasteiger partial charge is 0.744 e. The van der Waals surface area contributed by atoms with Gasteiger partial charge < -0.3 is 4.55 Å². The van der Waals surface area contributed by atoms with Crippen molar-refractivity contribution in [3.05, 3.63) is 41.5 Å². The van der Waals surface area contributed by atoms with Crippen LogP contribution >= 0.6 is 0 Å². The first kappa shape index (κ1) is 35.3. The van der Waals surface area contributed by atoms with E-state index in [1.54, 1.807) is 12.1 Å². The number of fused-ring (bicyclic) bond motifs is 1. The van der Waals surface area contributed by atoms with Crippen molar-refractivity contribution >= 4 is 20.9 Å². The second-order valence-electron chi connectivity index (χ2n) is 10.7. The fourth-order valence-electron chi connectivity index (χ4n) is 5.22. The van der Waals surface area contributed by atoms with Crippen LogP contribution in [0.1, 0.15) is 141 Å². The predicted molar refractivity (Wildman–Crippen MR) is 154 cm³/mol. The molecule has 0 saturated carbocycles. The SMILES string of the molecule is CCCCCCCCCCCc1ccc2cc(S(=O)(=O)[O-])cc(CCCCCCCCCCC)c2c1.[K+]. The van der Waals surface area contributed by atoms with E-state index in [1.165, 1.54) is 108 Å². The summed E-state index contributed by atoms with van der Waals surface area (Å²) >= 11 is 0. The molecule has 2 aromatic carbocycles. The average molecular weight is 555 g/mol. The standard InChI is InChI=1S/C32H52O3S.K/c1-3-5-7-9-11-13-15-17-19-21-28-23-24-30-27-31(36(33,34)35)26-29(32(30)25-28)22-20-18-16-14-12-10-8-6-4-2;/h23-27H,3-22H2,1-2H3,(H,33,34,35);/q;+1/p-1. The molecule has 0 bridgehead atoms. The molecule has 2 rings (SSSR count). The van der Waals surface area contributed by atoms with Gasteiger partial charge in [0.2, 0.25) is 0 Å². The van der Waals surface area contributed by atoms with Gasteiger partial charge in [0.1, 0.15) is 10.1 Å². The van der Waals surface area contributed by atoms with Crippen molar-refractivity contribution in [3.8, 4) is 0 Å². The molecule has 2 aromatic rings. The molecule has 0 unspecified atom stereocenters. The van der Waals surface area contributed by atoms with Crippen LogP contribution in [0.2, 0.25) is 0 Å². The molecule has 0 amide bonds. The van der Waals surface area contributed by atoms with E-state index in [9.17, 15) is 13.0 Å². The van der Waals surface area contributed by atoms with Crippen LogP contribution in [0.5, 0.6) is 0 Å². The summed E-state index contributed by atoms with van der Waals surface area (Å²) in [5.74, 6) is 0. The molecule has 204 valence electrons. The Morgan fingerprint density at radius 2 is 1.05 bits per heavy atom. The van der Waals surface area contributed by atoms with E-state index < -0.39 is 10.1 Å². The quantitative estimate of drug-likeness (QED) is 0.0958. The summed E-state index contributed by atoms with van der Waals surface area (Å²) in [5, 5.41) is 1.99. The minimum Gasteiger partial charge on any atom is -0.744 e. The van der Waals surface area contributed by atoms with E-state index in [2.05, 4.69) is 26.0 Å². The van der Waals surface area contributed by atoms with E-state index in [0.29, 0.717) is 0 Å². The van der Waals surface area contributed by atoms with Crippen LogP contribution in [0.3, 0.4) is 0 Å². The normalized spacial score (nSPS) is 11.6. The fourth-order valence-corrected chi connectivity index (χ4v) is 5.78. The maximum atomic E-state index is 11.8. The Balaban J connectivity index is 0.00000684. The summed E-state index contributed by atoms with van der Waals surface area (Å²) in [6.45, 7) is 4.51. The van der Waals surface area contributed by atoms with Gasteiger partial charge in [-0.05, 0) is 59.7 Å². The van der Waals surface area contributed by atoms with Crippen molar-refractivity contribution in [2.75, 3.05) is 0 Å². The number of aryl methyl sites for hydroxylation is 2. The zero-order chi connectivity index (χ0) is 26.1. The van der Waals surface area contributed by atoms with Gasteiger partial charge in [0.25, 0.3) is 0 Å². The van der Waals surface area contributed by atoms with Crippen molar-refractivity contribution in [1.82, 2.24) is 0 Å². The molecule has 0 spiro atoms. The summed E-state index contributed by atoms with van der Waals surface area (Å²) in [7, 11) is -4.46. The third-order valence-electron chi connectivity index (χ3n) is 7.49. The fraction of sp³-hybridized carbons (Fsp3) is 0.688. The molecule has 5 heteroatoms. The van der Waals surface area contributed by atoms with E-state index in [-0.39, 0.29) is 56.3 Å². The molecule has 0 fully saturated rings. The van der Waals surface area contributed by atoms with E-state index in [1.807, 2.05) is 6.07 Å². The zero-order valence-corrected chi connectivity index (χ0v) is 28.1. The Labute approximate surface area is 271 Å². The van der Waals surface area contributed by atoms with Gasteiger partial charge in [-0.25, -0.2) is 8.42 Å². The Kier molecular flexibility index (Phi) is 20.1. The maximum absolute atomic E-state index is 11.8. The van der Waals surface area contributed by atoms with Gasteiger partial charge in [0.15, 0.2) is 0 Å². The molecular formula is C32H51KO3S. The second-order valence-corrected chi connectivity index (χ2v) is 12.1. The van der Waals surface area contributed by atoms with Crippen LogP contribution in [0.25, 0.3) is 10.8 Å². The van der Waals surface area contributed by atoms with Crippen LogP contribution in [0.15, 0.2) is 35.2 Å².